The van der Waals surface area contributed by atoms with Crippen LogP contribution in [-0.2, 0) is 0 Å². The van der Waals surface area contributed by atoms with Crippen LogP contribution in [0.3, 0.4) is 0 Å². The van der Waals surface area contributed by atoms with Crippen molar-refractivity contribution in [2.75, 3.05) is 0 Å². The zero-order valence-electron chi connectivity index (χ0n) is 28.3. The van der Waals surface area contributed by atoms with Gasteiger partial charge in [-0.1, -0.05) is 121 Å². The van der Waals surface area contributed by atoms with Crippen molar-refractivity contribution in [3.8, 4) is 11.6 Å². The second kappa shape index (κ2) is 9.75. The van der Waals surface area contributed by atoms with Crippen LogP contribution in [0.15, 0.2) is 164 Å². The van der Waals surface area contributed by atoms with Crippen molar-refractivity contribution in [2.24, 2.45) is 0 Å². The summed E-state index contributed by atoms with van der Waals surface area (Å²) in [4.78, 5) is 0. The summed E-state index contributed by atoms with van der Waals surface area (Å²) in [5.41, 5.74) is 8.19. The van der Waals surface area contributed by atoms with E-state index in [0.717, 1.165) is 44.5 Å². The third-order valence-electron chi connectivity index (χ3n) is 11.6. The van der Waals surface area contributed by atoms with Gasteiger partial charge in [0.15, 0.2) is 11.6 Å². The molecule has 5 aromatic heterocycles. The van der Waals surface area contributed by atoms with Gasteiger partial charge in [0.25, 0.3) is 0 Å². The second-order valence-corrected chi connectivity index (χ2v) is 14.2. The summed E-state index contributed by atoms with van der Waals surface area (Å²) in [5, 5.41) is 24.8. The van der Waals surface area contributed by atoms with E-state index in [0.29, 0.717) is 0 Å². The van der Waals surface area contributed by atoms with Crippen LogP contribution >= 0.6 is 0 Å². The molecule has 0 saturated heterocycles. The number of aromatic nitrogens is 5. The molecule has 0 bridgehead atoms. The normalized spacial score (nSPS) is 12.5. The van der Waals surface area contributed by atoms with E-state index < -0.39 is 0 Å². The van der Waals surface area contributed by atoms with Crippen molar-refractivity contribution in [3.63, 3.8) is 0 Å². The number of para-hydroxylation sites is 4. The fourth-order valence-electron chi connectivity index (χ4n) is 9.48. The van der Waals surface area contributed by atoms with Crippen LogP contribution in [0.2, 0.25) is 0 Å². The van der Waals surface area contributed by atoms with Gasteiger partial charge >= 0.3 is 0 Å². The van der Waals surface area contributed by atoms with Gasteiger partial charge < -0.3 is 4.40 Å². The first-order chi connectivity index (χ1) is 26.3. The first kappa shape index (κ1) is 27.5. The molecule has 0 unspecified atom stereocenters. The largest absolute Gasteiger partial charge is 0.308 e. The van der Waals surface area contributed by atoms with Crippen LogP contribution in [0.1, 0.15) is 0 Å². The predicted octanol–water partition coefficient (Wildman–Crippen LogP) is 12.1. The molecule has 0 N–H and O–H groups in total. The Labute approximate surface area is 301 Å². The number of hydrogen-bond donors (Lipinski definition) is 0. The summed E-state index contributed by atoms with van der Waals surface area (Å²) in [6.07, 6.45) is 0. The summed E-state index contributed by atoms with van der Waals surface area (Å²) in [7, 11) is 0. The molecule has 244 valence electrons. The molecule has 8 aromatic carbocycles. The molecule has 53 heavy (non-hydrogen) atoms. The molecule has 0 aliphatic rings. The molecule has 0 aliphatic heterocycles. The number of fused-ring (bicyclic) bond motifs is 15. The minimum atomic E-state index is 0.823. The lowest BCUT2D eigenvalue weighted by atomic mass is 10.0. The van der Waals surface area contributed by atoms with E-state index in [4.69, 9.17) is 10.2 Å². The fourth-order valence-corrected chi connectivity index (χ4v) is 9.48. The summed E-state index contributed by atoms with van der Waals surface area (Å²) < 4.78 is 7.12. The predicted molar refractivity (Wildman–Crippen MR) is 220 cm³/mol. The van der Waals surface area contributed by atoms with Crippen molar-refractivity contribution < 1.29 is 0 Å². The third kappa shape index (κ3) is 3.37. The Bertz CT molecular complexity index is 3640. The maximum Gasteiger partial charge on any atom is 0.168 e. The molecule has 0 radical (unpaired) electrons. The molecule has 0 saturated carbocycles. The van der Waals surface area contributed by atoms with E-state index in [2.05, 4.69) is 177 Å². The number of nitrogens with zero attached hydrogens (tertiary/aromatic N) is 5. The Balaban J connectivity index is 1.21. The summed E-state index contributed by atoms with van der Waals surface area (Å²) in [6, 6.07) is 59.2. The molecular weight excluding hydrogens is 647 g/mol. The summed E-state index contributed by atoms with van der Waals surface area (Å²) in [6.45, 7) is 0. The number of benzene rings is 8. The zero-order chi connectivity index (χ0) is 34.4. The second-order valence-electron chi connectivity index (χ2n) is 14.2. The van der Waals surface area contributed by atoms with Gasteiger partial charge in [-0.3, -0.25) is 9.13 Å². The number of hydrogen-bond acceptors (Lipinski definition) is 2. The Morgan fingerprint density at radius 3 is 1.38 bits per heavy atom. The zero-order valence-corrected chi connectivity index (χ0v) is 28.3. The molecule has 0 amide bonds. The van der Waals surface area contributed by atoms with Crippen LogP contribution < -0.4 is 0 Å². The lowest BCUT2D eigenvalue weighted by Crippen LogP contribution is -2.06. The molecule has 0 atom stereocenters. The monoisotopic (exact) mass is 673 g/mol. The van der Waals surface area contributed by atoms with Gasteiger partial charge in [-0.2, -0.15) is 0 Å². The fraction of sp³-hybridized carbons (Fsp3) is 0. The quantitative estimate of drug-likeness (QED) is 0.183. The highest BCUT2D eigenvalue weighted by molar-refractivity contribution is 6.36. The van der Waals surface area contributed by atoms with Gasteiger partial charge in [-0.25, -0.2) is 0 Å². The molecule has 13 rings (SSSR count). The summed E-state index contributed by atoms with van der Waals surface area (Å²) in [5.74, 6) is 1.65. The topological polar surface area (TPSA) is 40.0 Å². The Kier molecular flexibility index (Phi) is 5.06. The van der Waals surface area contributed by atoms with Gasteiger partial charge in [0, 0.05) is 53.9 Å². The van der Waals surface area contributed by atoms with Gasteiger partial charge in [0.1, 0.15) is 0 Å². The van der Waals surface area contributed by atoms with E-state index >= 15 is 0 Å². The van der Waals surface area contributed by atoms with E-state index in [1.54, 1.807) is 0 Å². The average Bonchev–Trinajstić information content (AvgIpc) is 3.93. The van der Waals surface area contributed by atoms with Gasteiger partial charge in [0.05, 0.1) is 38.6 Å². The first-order valence-electron chi connectivity index (χ1n) is 18.1. The van der Waals surface area contributed by atoms with Crippen molar-refractivity contribution in [1.82, 2.24) is 23.7 Å². The average molecular weight is 674 g/mol. The molecule has 5 heterocycles. The Morgan fingerprint density at radius 2 is 0.755 bits per heavy atom. The molecule has 5 heteroatoms. The highest BCUT2D eigenvalue weighted by atomic mass is 15.3. The highest BCUT2D eigenvalue weighted by Gasteiger charge is 2.26. The Morgan fingerprint density at radius 1 is 0.302 bits per heavy atom. The van der Waals surface area contributed by atoms with E-state index in [1.165, 1.54) is 70.4 Å². The van der Waals surface area contributed by atoms with Crippen LogP contribution in [0, 0.1) is 0 Å². The smallest absolute Gasteiger partial charge is 0.168 e. The van der Waals surface area contributed by atoms with Crippen molar-refractivity contribution in [3.05, 3.63) is 164 Å². The lowest BCUT2D eigenvalue weighted by molar-refractivity contribution is 0.930. The SMILES string of the molecule is c1ccc2cc3c(cc2c1)c1c2c4ccccc4n(-c4nnc(-n5c6ccccc6c6ccccc65)c5ccccc45)c2cc2c4ccccc4n3c21. The van der Waals surface area contributed by atoms with Crippen LogP contribution in [0.4, 0.5) is 0 Å². The molecular formula is C48H27N5. The molecule has 0 spiro atoms. The van der Waals surface area contributed by atoms with E-state index in [9.17, 15) is 0 Å². The third-order valence-corrected chi connectivity index (χ3v) is 11.6. The maximum atomic E-state index is 5.19. The maximum absolute atomic E-state index is 5.19. The molecule has 5 nitrogen and oxygen atoms in total. The summed E-state index contributed by atoms with van der Waals surface area (Å²) >= 11 is 0. The van der Waals surface area contributed by atoms with Gasteiger partial charge in [0.2, 0.25) is 0 Å². The van der Waals surface area contributed by atoms with Gasteiger partial charge in [-0.05, 0) is 53.2 Å². The van der Waals surface area contributed by atoms with Crippen molar-refractivity contribution in [2.45, 2.75) is 0 Å². The van der Waals surface area contributed by atoms with Crippen molar-refractivity contribution >= 4 is 103 Å². The molecule has 0 aliphatic carbocycles. The molecule has 13 aromatic rings. The molecule has 0 fully saturated rings. The first-order valence-corrected chi connectivity index (χ1v) is 18.1. The van der Waals surface area contributed by atoms with Crippen molar-refractivity contribution in [1.29, 1.82) is 0 Å². The van der Waals surface area contributed by atoms with Crippen LogP contribution in [-0.4, -0.2) is 23.7 Å². The van der Waals surface area contributed by atoms with E-state index in [-0.39, 0.29) is 0 Å². The van der Waals surface area contributed by atoms with Crippen LogP contribution in [0.5, 0.6) is 0 Å². The minimum Gasteiger partial charge on any atom is -0.308 e. The minimum absolute atomic E-state index is 0.823. The number of rotatable bonds is 2. The highest BCUT2D eigenvalue weighted by Crippen LogP contribution is 2.47. The standard InChI is InChI=1S/C48H27N5/c1-2-14-29-26-42-37(25-28(29)13-1)45-44-35-20-8-12-24-41(35)53(43(44)27-36-32-17-7-9-21-38(32)51(42)46(36)45)48-34-19-4-3-18-33(34)47(49-50-48)52-39-22-10-5-15-30(39)31-16-6-11-23-40(31)52/h1-27H. The van der Waals surface area contributed by atoms with Gasteiger partial charge in [-0.15, -0.1) is 10.2 Å². The Hall–Kier alpha value is -7.24. The lowest BCUT2D eigenvalue weighted by Gasteiger charge is -2.14. The van der Waals surface area contributed by atoms with E-state index in [1.807, 2.05) is 0 Å². The van der Waals surface area contributed by atoms with Crippen LogP contribution in [0.25, 0.3) is 115 Å².